The van der Waals surface area contributed by atoms with Crippen LogP contribution in [0.1, 0.15) is 24.2 Å². The van der Waals surface area contributed by atoms with Crippen LogP contribution in [0.25, 0.3) is 0 Å². The van der Waals surface area contributed by atoms with Gasteiger partial charge in [0.05, 0.1) is 6.61 Å². The number of rotatable bonds is 7. The van der Waals surface area contributed by atoms with Crippen molar-refractivity contribution in [3.63, 3.8) is 0 Å². The highest BCUT2D eigenvalue weighted by Gasteiger charge is 2.10. The van der Waals surface area contributed by atoms with Gasteiger partial charge in [0.2, 0.25) is 0 Å². The van der Waals surface area contributed by atoms with Crippen LogP contribution in [0.2, 0.25) is 0 Å². The topological polar surface area (TPSA) is 88.7 Å². The quantitative estimate of drug-likeness (QED) is 0.417. The first-order valence-corrected chi connectivity index (χ1v) is 10.0. The molecule has 7 nitrogen and oxygen atoms in total. The van der Waals surface area contributed by atoms with Crippen LogP contribution in [0.4, 0.5) is 0 Å². The molecule has 3 N–H and O–H groups in total. The Morgan fingerprint density at radius 1 is 1.03 bits per heavy atom. The number of nitrogens with one attached hydrogen (secondary N) is 3. The van der Waals surface area contributed by atoms with Gasteiger partial charge in [-0.3, -0.25) is 25.8 Å². The molecule has 29 heavy (non-hydrogen) atoms. The molecule has 0 aliphatic heterocycles. The summed E-state index contributed by atoms with van der Waals surface area (Å²) in [6.45, 7) is 4.43. The van der Waals surface area contributed by atoms with Gasteiger partial charge >= 0.3 is 0 Å². The summed E-state index contributed by atoms with van der Waals surface area (Å²) in [5.41, 5.74) is 5.21. The standard InChI is InChI=1S/C20H22BrN3O4S/c1-13(2)11-27-17-5-3-4-14(10-17)19(26)22-20(29)24-23-18(25)12-28-16-8-6-15(21)7-9-16/h3-10,13H,11-12H2,1-2H3,(H,23,25)(H2,22,24,26,29). The fourth-order valence-corrected chi connectivity index (χ4v) is 2.45. The summed E-state index contributed by atoms with van der Waals surface area (Å²) < 4.78 is 11.9. The number of carbonyl (C=O) groups is 2. The number of hydrogen-bond donors (Lipinski definition) is 3. The Labute approximate surface area is 183 Å². The highest BCUT2D eigenvalue weighted by Crippen LogP contribution is 2.16. The summed E-state index contributed by atoms with van der Waals surface area (Å²) in [5.74, 6) is 0.662. The molecule has 0 saturated carbocycles. The lowest BCUT2D eigenvalue weighted by Crippen LogP contribution is -2.49. The predicted octanol–water partition coefficient (Wildman–Crippen LogP) is 3.20. The first-order chi connectivity index (χ1) is 13.8. The van der Waals surface area contributed by atoms with Crippen molar-refractivity contribution in [2.24, 2.45) is 5.92 Å². The summed E-state index contributed by atoms with van der Waals surface area (Å²) in [4.78, 5) is 24.1. The van der Waals surface area contributed by atoms with Crippen LogP contribution < -0.4 is 25.6 Å². The molecule has 0 aliphatic rings. The summed E-state index contributed by atoms with van der Waals surface area (Å²) in [7, 11) is 0. The third-order valence-corrected chi connectivity index (χ3v) is 4.14. The van der Waals surface area contributed by atoms with Crippen molar-refractivity contribution in [3.05, 3.63) is 58.6 Å². The average molecular weight is 480 g/mol. The molecule has 0 heterocycles. The van der Waals surface area contributed by atoms with Gasteiger partial charge < -0.3 is 9.47 Å². The van der Waals surface area contributed by atoms with E-state index in [0.29, 0.717) is 29.6 Å². The molecular weight excluding hydrogens is 458 g/mol. The Balaban J connectivity index is 1.75. The van der Waals surface area contributed by atoms with Crippen LogP contribution in [0, 0.1) is 5.92 Å². The van der Waals surface area contributed by atoms with Gasteiger partial charge in [-0.25, -0.2) is 0 Å². The maximum atomic E-state index is 12.3. The predicted molar refractivity (Wildman–Crippen MR) is 118 cm³/mol. The van der Waals surface area contributed by atoms with Crippen LogP contribution >= 0.6 is 28.1 Å². The van der Waals surface area contributed by atoms with E-state index in [1.165, 1.54) is 0 Å². The van der Waals surface area contributed by atoms with E-state index in [4.69, 9.17) is 21.7 Å². The molecule has 154 valence electrons. The third-order valence-electron chi connectivity index (χ3n) is 3.41. The molecule has 0 radical (unpaired) electrons. The SMILES string of the molecule is CC(C)COc1cccc(C(=O)NC(=S)NNC(=O)COc2ccc(Br)cc2)c1. The summed E-state index contributed by atoms with van der Waals surface area (Å²) in [6, 6.07) is 13.8. The second-order valence-corrected chi connectivity index (χ2v) is 7.76. The number of hydrogen-bond acceptors (Lipinski definition) is 5. The number of amides is 2. The Bertz CT molecular complexity index is 859. The molecule has 0 aliphatic carbocycles. The van der Waals surface area contributed by atoms with Gasteiger partial charge in [-0.05, 0) is 60.6 Å². The molecule has 2 aromatic rings. The molecule has 0 aromatic heterocycles. The maximum Gasteiger partial charge on any atom is 0.276 e. The van der Waals surface area contributed by atoms with Crippen molar-refractivity contribution in [3.8, 4) is 11.5 Å². The normalized spacial score (nSPS) is 10.2. The van der Waals surface area contributed by atoms with Crippen LogP contribution in [0.5, 0.6) is 11.5 Å². The largest absolute Gasteiger partial charge is 0.493 e. The number of benzene rings is 2. The number of ether oxygens (including phenoxy) is 2. The van der Waals surface area contributed by atoms with Crippen molar-refractivity contribution in [2.75, 3.05) is 13.2 Å². The van der Waals surface area contributed by atoms with Gasteiger partial charge in [0.25, 0.3) is 11.8 Å². The third kappa shape index (κ3) is 8.49. The lowest BCUT2D eigenvalue weighted by Gasteiger charge is -2.12. The molecule has 2 amide bonds. The van der Waals surface area contributed by atoms with Gasteiger partial charge in [0.15, 0.2) is 11.7 Å². The highest BCUT2D eigenvalue weighted by atomic mass is 79.9. The van der Waals surface area contributed by atoms with E-state index >= 15 is 0 Å². The van der Waals surface area contributed by atoms with Crippen LogP contribution in [-0.2, 0) is 4.79 Å². The maximum absolute atomic E-state index is 12.3. The minimum Gasteiger partial charge on any atom is -0.493 e. The Morgan fingerprint density at radius 2 is 1.76 bits per heavy atom. The minimum absolute atomic E-state index is 0.0412. The van der Waals surface area contributed by atoms with E-state index in [1.54, 1.807) is 48.5 Å². The second-order valence-electron chi connectivity index (χ2n) is 6.43. The van der Waals surface area contributed by atoms with Crippen LogP contribution in [0.15, 0.2) is 53.0 Å². The van der Waals surface area contributed by atoms with Crippen molar-refractivity contribution < 1.29 is 19.1 Å². The first-order valence-electron chi connectivity index (χ1n) is 8.85. The Hall–Kier alpha value is -2.65. The van der Waals surface area contributed by atoms with Crippen molar-refractivity contribution >= 4 is 45.1 Å². The molecule has 0 saturated heterocycles. The van der Waals surface area contributed by atoms with Crippen LogP contribution in [0.3, 0.4) is 0 Å². The molecular formula is C20H22BrN3O4S. The van der Waals surface area contributed by atoms with E-state index < -0.39 is 11.8 Å². The molecule has 0 atom stereocenters. The molecule has 0 unspecified atom stereocenters. The number of hydrazine groups is 1. The van der Waals surface area contributed by atoms with Gasteiger partial charge in [0, 0.05) is 10.0 Å². The van der Waals surface area contributed by atoms with E-state index in [2.05, 4.69) is 32.1 Å². The lowest BCUT2D eigenvalue weighted by molar-refractivity contribution is -0.123. The lowest BCUT2D eigenvalue weighted by atomic mass is 10.2. The molecule has 2 aromatic carbocycles. The second kappa shape index (κ2) is 11.4. The molecule has 2 rings (SSSR count). The van der Waals surface area contributed by atoms with Gasteiger partial charge in [0.1, 0.15) is 11.5 Å². The van der Waals surface area contributed by atoms with E-state index in [1.807, 2.05) is 13.8 Å². The fraction of sp³-hybridized carbons (Fsp3) is 0.250. The highest BCUT2D eigenvalue weighted by molar-refractivity contribution is 9.10. The van der Waals surface area contributed by atoms with Crippen molar-refractivity contribution in [1.82, 2.24) is 16.2 Å². The Kier molecular flexibility index (Phi) is 8.88. The number of halogens is 1. The number of carbonyl (C=O) groups excluding carboxylic acids is 2. The van der Waals surface area contributed by atoms with Gasteiger partial charge in [-0.15, -0.1) is 0 Å². The van der Waals surface area contributed by atoms with Crippen molar-refractivity contribution in [2.45, 2.75) is 13.8 Å². The molecule has 0 bridgehead atoms. The van der Waals surface area contributed by atoms with Crippen LogP contribution in [-0.4, -0.2) is 30.1 Å². The van der Waals surface area contributed by atoms with Gasteiger partial charge in [-0.1, -0.05) is 35.8 Å². The monoisotopic (exact) mass is 479 g/mol. The average Bonchev–Trinajstić information content (AvgIpc) is 2.70. The number of thiocarbonyl (C=S) groups is 1. The zero-order valence-electron chi connectivity index (χ0n) is 16.0. The Morgan fingerprint density at radius 3 is 2.45 bits per heavy atom. The summed E-state index contributed by atoms with van der Waals surface area (Å²) in [5, 5.41) is 2.45. The van der Waals surface area contributed by atoms with E-state index in [9.17, 15) is 9.59 Å². The molecule has 0 fully saturated rings. The van der Waals surface area contributed by atoms with E-state index in [-0.39, 0.29) is 11.7 Å². The molecule has 0 spiro atoms. The van der Waals surface area contributed by atoms with Gasteiger partial charge in [-0.2, -0.15) is 0 Å². The zero-order chi connectivity index (χ0) is 21.2. The smallest absolute Gasteiger partial charge is 0.276 e. The first kappa shape index (κ1) is 22.6. The summed E-state index contributed by atoms with van der Waals surface area (Å²) >= 11 is 8.34. The minimum atomic E-state index is -0.450. The fourth-order valence-electron chi connectivity index (χ4n) is 2.04. The van der Waals surface area contributed by atoms with E-state index in [0.717, 1.165) is 4.47 Å². The molecule has 9 heteroatoms. The summed E-state index contributed by atoms with van der Waals surface area (Å²) in [6.07, 6.45) is 0. The zero-order valence-corrected chi connectivity index (χ0v) is 18.4. The van der Waals surface area contributed by atoms with Crippen molar-refractivity contribution in [1.29, 1.82) is 0 Å².